The molecule has 1 atom stereocenters. The molecule has 9 nitrogen and oxygen atoms in total. The first-order chi connectivity index (χ1) is 7.13. The number of hydrogen-bond donors (Lipinski definition) is 0. The number of azo groups is 1. The van der Waals surface area contributed by atoms with Crippen LogP contribution in [0.5, 0.6) is 0 Å². The lowest BCUT2D eigenvalue weighted by Crippen LogP contribution is -2.34. The first kappa shape index (κ1) is 9.71. The zero-order chi connectivity index (χ0) is 11.0. The molecule has 1 aromatic heterocycles. The van der Waals surface area contributed by atoms with E-state index in [1.54, 1.807) is 6.26 Å². The summed E-state index contributed by atoms with van der Waals surface area (Å²) >= 11 is 1.21. The monoisotopic (exact) mass is 228 g/mol. The fourth-order valence-electron chi connectivity index (χ4n) is 0.982. The van der Waals surface area contributed by atoms with E-state index >= 15 is 0 Å². The molecule has 0 amide bonds. The molecule has 2 heterocycles. The SMILES string of the molecule is CSc1nc2n(n1)C(=O)C([N+](=O)[O-])N=N2. The van der Waals surface area contributed by atoms with E-state index in [1.807, 2.05) is 0 Å². The molecule has 0 spiro atoms. The van der Waals surface area contributed by atoms with Crippen LogP contribution >= 0.6 is 11.8 Å². The summed E-state index contributed by atoms with van der Waals surface area (Å²) in [5, 5.41) is 21.2. The molecule has 1 unspecified atom stereocenters. The van der Waals surface area contributed by atoms with Crippen LogP contribution in [-0.2, 0) is 0 Å². The van der Waals surface area contributed by atoms with Crippen molar-refractivity contribution in [2.75, 3.05) is 6.26 Å². The summed E-state index contributed by atoms with van der Waals surface area (Å²) in [6.07, 6.45) is 0.00224. The number of fused-ring (bicyclic) bond motifs is 1. The third-order valence-corrected chi connectivity index (χ3v) is 2.18. The Balaban J connectivity index is 2.44. The average Bonchev–Trinajstić information content (AvgIpc) is 2.61. The van der Waals surface area contributed by atoms with Crippen LogP contribution in [0.2, 0.25) is 0 Å². The average molecular weight is 228 g/mol. The molecule has 0 saturated carbocycles. The van der Waals surface area contributed by atoms with Gasteiger partial charge in [0.05, 0.1) is 4.92 Å². The number of aromatic nitrogens is 3. The van der Waals surface area contributed by atoms with Crippen molar-refractivity contribution in [2.45, 2.75) is 11.3 Å². The largest absolute Gasteiger partial charge is 0.400 e. The molecule has 1 aliphatic heterocycles. The first-order valence-corrected chi connectivity index (χ1v) is 4.95. The second-order valence-electron chi connectivity index (χ2n) is 2.52. The Morgan fingerprint density at radius 3 is 2.93 bits per heavy atom. The Morgan fingerprint density at radius 2 is 2.33 bits per heavy atom. The molecule has 0 fully saturated rings. The van der Waals surface area contributed by atoms with Gasteiger partial charge in [-0.3, -0.25) is 14.9 Å². The maximum Gasteiger partial charge on any atom is 0.400 e. The minimum absolute atomic E-state index is 0.0255. The summed E-state index contributed by atoms with van der Waals surface area (Å²) in [5.41, 5.74) is 0. The fraction of sp³-hybridized carbons (Fsp3) is 0.400. The Morgan fingerprint density at radius 1 is 1.60 bits per heavy atom. The summed E-state index contributed by atoms with van der Waals surface area (Å²) < 4.78 is 0.798. The smallest absolute Gasteiger partial charge is 0.262 e. The highest BCUT2D eigenvalue weighted by Gasteiger charge is 2.37. The molecule has 0 saturated heterocycles. The van der Waals surface area contributed by atoms with Gasteiger partial charge in [0.25, 0.3) is 5.95 Å². The molecule has 0 bridgehead atoms. The number of carbonyl (C=O) groups is 1. The Labute approximate surface area is 86.7 Å². The summed E-state index contributed by atoms with van der Waals surface area (Å²) in [5.74, 6) is -0.875. The first-order valence-electron chi connectivity index (χ1n) is 3.73. The molecule has 0 aromatic carbocycles. The van der Waals surface area contributed by atoms with Gasteiger partial charge in [0.2, 0.25) is 5.16 Å². The van der Waals surface area contributed by atoms with Crippen LogP contribution < -0.4 is 0 Å². The van der Waals surface area contributed by atoms with Crippen LogP contribution in [0, 0.1) is 10.1 Å². The normalized spacial score (nSPS) is 19.0. The second kappa shape index (κ2) is 3.38. The van der Waals surface area contributed by atoms with Gasteiger partial charge in [-0.2, -0.15) is 9.67 Å². The van der Waals surface area contributed by atoms with Crippen molar-refractivity contribution in [3.63, 3.8) is 0 Å². The van der Waals surface area contributed by atoms with Crippen molar-refractivity contribution in [1.29, 1.82) is 0 Å². The number of nitrogens with zero attached hydrogens (tertiary/aromatic N) is 6. The van der Waals surface area contributed by atoms with Crippen molar-refractivity contribution in [2.24, 2.45) is 10.2 Å². The molecule has 0 N–H and O–H groups in total. The second-order valence-corrected chi connectivity index (χ2v) is 3.30. The minimum Gasteiger partial charge on any atom is -0.262 e. The van der Waals surface area contributed by atoms with E-state index in [0.29, 0.717) is 5.16 Å². The van der Waals surface area contributed by atoms with Crippen LogP contribution in [0.4, 0.5) is 5.95 Å². The Bertz CT molecular complexity index is 467. The van der Waals surface area contributed by atoms with Gasteiger partial charge in [0.1, 0.15) is 0 Å². The van der Waals surface area contributed by atoms with E-state index in [4.69, 9.17) is 0 Å². The lowest BCUT2D eigenvalue weighted by Gasteiger charge is -2.06. The molecule has 15 heavy (non-hydrogen) atoms. The van der Waals surface area contributed by atoms with E-state index in [1.165, 1.54) is 11.8 Å². The number of hydrogen-bond acceptors (Lipinski definition) is 8. The van der Waals surface area contributed by atoms with Gasteiger partial charge in [0, 0.05) is 0 Å². The van der Waals surface area contributed by atoms with Gasteiger partial charge in [-0.05, 0) is 6.26 Å². The van der Waals surface area contributed by atoms with E-state index in [-0.39, 0.29) is 5.95 Å². The van der Waals surface area contributed by atoms with Crippen molar-refractivity contribution in [1.82, 2.24) is 14.8 Å². The van der Waals surface area contributed by atoms with Gasteiger partial charge in [-0.15, -0.1) is 10.2 Å². The van der Waals surface area contributed by atoms with Gasteiger partial charge in [-0.1, -0.05) is 16.9 Å². The number of nitro groups is 1. The van der Waals surface area contributed by atoms with Crippen molar-refractivity contribution < 1.29 is 9.72 Å². The van der Waals surface area contributed by atoms with Gasteiger partial charge in [0.15, 0.2) is 0 Å². The number of thioether (sulfide) groups is 1. The maximum atomic E-state index is 11.4. The summed E-state index contributed by atoms with van der Waals surface area (Å²) in [6.45, 7) is 0. The highest BCUT2D eigenvalue weighted by molar-refractivity contribution is 7.98. The molecular weight excluding hydrogens is 224 g/mol. The molecule has 78 valence electrons. The Hall–Kier alpha value is -1.84. The van der Waals surface area contributed by atoms with E-state index in [9.17, 15) is 14.9 Å². The van der Waals surface area contributed by atoms with Crippen LogP contribution in [0.1, 0.15) is 4.79 Å². The molecule has 0 radical (unpaired) electrons. The molecule has 1 aliphatic rings. The fourth-order valence-corrected chi connectivity index (χ4v) is 1.32. The third-order valence-electron chi connectivity index (χ3n) is 1.64. The molecule has 0 aliphatic carbocycles. The third kappa shape index (κ3) is 1.48. The van der Waals surface area contributed by atoms with Gasteiger partial charge < -0.3 is 0 Å². The Kier molecular flexibility index (Phi) is 2.19. The lowest BCUT2D eigenvalue weighted by molar-refractivity contribution is -0.505. The van der Waals surface area contributed by atoms with Crippen LogP contribution in [0.25, 0.3) is 0 Å². The van der Waals surface area contributed by atoms with Crippen LogP contribution in [-0.4, -0.2) is 38.0 Å². The summed E-state index contributed by atoms with van der Waals surface area (Å²) in [4.78, 5) is 24.9. The van der Waals surface area contributed by atoms with Crippen molar-refractivity contribution in [3.05, 3.63) is 10.1 Å². The zero-order valence-electron chi connectivity index (χ0n) is 7.39. The zero-order valence-corrected chi connectivity index (χ0v) is 8.21. The molecule has 2 rings (SSSR count). The predicted octanol–water partition coefficient (Wildman–Crippen LogP) is 0.340. The number of carbonyl (C=O) groups excluding carboxylic acids is 1. The van der Waals surface area contributed by atoms with Gasteiger partial charge in [-0.25, -0.2) is 0 Å². The summed E-state index contributed by atoms with van der Waals surface area (Å²) in [6, 6.07) is 0. The summed E-state index contributed by atoms with van der Waals surface area (Å²) in [7, 11) is 0. The van der Waals surface area contributed by atoms with E-state index in [0.717, 1.165) is 4.68 Å². The number of rotatable bonds is 2. The molecular formula is C5H4N6O3S. The van der Waals surface area contributed by atoms with E-state index < -0.39 is 17.0 Å². The maximum absolute atomic E-state index is 11.4. The van der Waals surface area contributed by atoms with Crippen LogP contribution in [0.3, 0.4) is 0 Å². The predicted molar refractivity (Wildman–Crippen MR) is 47.7 cm³/mol. The standard InChI is InChI=1S/C5H4N6O3S/c1-15-5-6-4-8-7-2(11(13)14)3(12)10(4)9-5/h2H,1H3. The minimum atomic E-state index is -1.71. The topological polar surface area (TPSA) is 116 Å². The lowest BCUT2D eigenvalue weighted by atomic mass is 10.5. The quantitative estimate of drug-likeness (QED) is 0.409. The van der Waals surface area contributed by atoms with Crippen LogP contribution in [0.15, 0.2) is 15.4 Å². The highest BCUT2D eigenvalue weighted by Crippen LogP contribution is 2.21. The molecule has 1 aromatic rings. The molecule has 10 heteroatoms. The van der Waals surface area contributed by atoms with Crippen molar-refractivity contribution in [3.8, 4) is 0 Å². The van der Waals surface area contributed by atoms with Crippen molar-refractivity contribution >= 4 is 23.6 Å². The van der Waals surface area contributed by atoms with E-state index in [2.05, 4.69) is 20.3 Å². The highest BCUT2D eigenvalue weighted by atomic mass is 32.2. The van der Waals surface area contributed by atoms with Gasteiger partial charge >= 0.3 is 12.1 Å².